The Hall–Kier alpha value is -2.01. The first-order chi connectivity index (χ1) is 12.7. The summed E-state index contributed by atoms with van der Waals surface area (Å²) >= 11 is 6.19. The molecule has 0 radical (unpaired) electrons. The Morgan fingerprint density at radius 3 is 2.92 bits per heavy atom. The maximum absolute atomic E-state index is 12.9. The lowest BCUT2D eigenvalue weighted by Crippen LogP contribution is -2.39. The van der Waals surface area contributed by atoms with Crippen molar-refractivity contribution in [2.75, 3.05) is 20.2 Å². The number of methoxy groups -OCH3 is 1. The van der Waals surface area contributed by atoms with Gasteiger partial charge in [0.2, 0.25) is 0 Å². The van der Waals surface area contributed by atoms with Crippen LogP contribution in [0.15, 0.2) is 30.6 Å². The van der Waals surface area contributed by atoms with E-state index in [9.17, 15) is 4.79 Å². The first-order valence-electron chi connectivity index (χ1n) is 9.29. The fourth-order valence-corrected chi connectivity index (χ4v) is 4.03. The molecule has 4 rings (SSSR count). The molecule has 6 heteroatoms. The topological polar surface area (TPSA) is 47.4 Å². The summed E-state index contributed by atoms with van der Waals surface area (Å²) in [6.45, 7) is 2.56. The van der Waals surface area contributed by atoms with E-state index in [0.29, 0.717) is 28.8 Å². The molecule has 5 nitrogen and oxygen atoms in total. The molecule has 2 heterocycles. The molecular weight excluding hydrogens is 350 g/mol. The number of carbonyl (C=O) groups is 1. The van der Waals surface area contributed by atoms with Gasteiger partial charge < -0.3 is 14.2 Å². The van der Waals surface area contributed by atoms with Crippen LogP contribution in [-0.2, 0) is 6.54 Å². The normalized spacial score (nSPS) is 20.2. The molecule has 1 saturated carbocycles. The summed E-state index contributed by atoms with van der Waals surface area (Å²) in [7, 11) is 1.57. The Morgan fingerprint density at radius 2 is 2.19 bits per heavy atom. The van der Waals surface area contributed by atoms with E-state index in [2.05, 4.69) is 15.7 Å². The standard InChI is InChI=1S/C20H24ClN3O2/c1-26-18-7-6-15(11-17(18)21)20(25)24-9-2-3-16(13-24)19-22-8-10-23(19)12-14-4-5-14/h6-8,10-11,14,16H,2-5,9,12-13H2,1H3/t16-/m1/s1. The molecule has 2 fully saturated rings. The van der Waals surface area contributed by atoms with Gasteiger partial charge in [0.25, 0.3) is 5.91 Å². The molecule has 1 amide bonds. The van der Waals surface area contributed by atoms with E-state index >= 15 is 0 Å². The lowest BCUT2D eigenvalue weighted by Gasteiger charge is -2.33. The van der Waals surface area contributed by atoms with E-state index in [1.807, 2.05) is 11.1 Å². The van der Waals surface area contributed by atoms with Crippen molar-refractivity contribution in [3.05, 3.63) is 47.0 Å². The molecule has 0 bridgehead atoms. The molecule has 1 aromatic carbocycles. The van der Waals surface area contributed by atoms with Gasteiger partial charge in [-0.15, -0.1) is 0 Å². The Morgan fingerprint density at radius 1 is 1.35 bits per heavy atom. The van der Waals surface area contributed by atoms with Crippen LogP contribution in [0, 0.1) is 5.92 Å². The van der Waals surface area contributed by atoms with Crippen molar-refractivity contribution in [2.24, 2.45) is 5.92 Å². The number of hydrogen-bond acceptors (Lipinski definition) is 3. The number of hydrogen-bond donors (Lipinski definition) is 0. The predicted octanol–water partition coefficient (Wildman–Crippen LogP) is 3.97. The average Bonchev–Trinajstić information content (AvgIpc) is 3.36. The number of piperidine rings is 1. The van der Waals surface area contributed by atoms with Crippen molar-refractivity contribution >= 4 is 17.5 Å². The van der Waals surface area contributed by atoms with Crippen LogP contribution in [0.25, 0.3) is 0 Å². The molecule has 138 valence electrons. The van der Waals surface area contributed by atoms with Gasteiger partial charge in [0, 0.05) is 43.5 Å². The predicted molar refractivity (Wildman–Crippen MR) is 101 cm³/mol. The number of likely N-dealkylation sites (tertiary alicyclic amines) is 1. The fraction of sp³-hybridized carbons (Fsp3) is 0.500. The smallest absolute Gasteiger partial charge is 0.253 e. The third kappa shape index (κ3) is 3.58. The third-order valence-corrected chi connectivity index (χ3v) is 5.67. The minimum atomic E-state index is 0.0274. The number of imidazole rings is 1. The Kier molecular flexibility index (Phi) is 4.90. The van der Waals surface area contributed by atoms with Crippen molar-refractivity contribution in [3.8, 4) is 5.75 Å². The lowest BCUT2D eigenvalue weighted by atomic mass is 9.96. The average molecular weight is 374 g/mol. The number of aromatic nitrogens is 2. The fourth-order valence-electron chi connectivity index (χ4n) is 3.77. The maximum atomic E-state index is 12.9. The van der Waals surface area contributed by atoms with E-state index in [1.54, 1.807) is 25.3 Å². The number of ether oxygens (including phenoxy) is 1. The zero-order valence-corrected chi connectivity index (χ0v) is 15.8. The highest BCUT2D eigenvalue weighted by molar-refractivity contribution is 6.32. The molecule has 2 aromatic rings. The largest absolute Gasteiger partial charge is 0.495 e. The lowest BCUT2D eigenvalue weighted by molar-refractivity contribution is 0.0703. The molecular formula is C20H24ClN3O2. The van der Waals surface area contributed by atoms with Crippen LogP contribution in [0.1, 0.15) is 47.8 Å². The second-order valence-corrected chi connectivity index (χ2v) is 7.73. The third-order valence-electron chi connectivity index (χ3n) is 5.37. The zero-order valence-electron chi connectivity index (χ0n) is 15.0. The van der Waals surface area contributed by atoms with E-state index in [-0.39, 0.29) is 5.91 Å². The summed E-state index contributed by atoms with van der Waals surface area (Å²) in [5, 5.41) is 0.465. The minimum absolute atomic E-state index is 0.0274. The summed E-state index contributed by atoms with van der Waals surface area (Å²) in [5.41, 5.74) is 0.609. The monoisotopic (exact) mass is 373 g/mol. The Labute approximate surface area is 158 Å². The second-order valence-electron chi connectivity index (χ2n) is 7.32. The Bertz CT molecular complexity index is 800. The molecule has 1 aliphatic heterocycles. The first kappa shape index (κ1) is 17.4. The molecule has 0 N–H and O–H groups in total. The summed E-state index contributed by atoms with van der Waals surface area (Å²) < 4.78 is 7.47. The molecule has 2 aliphatic rings. The summed E-state index contributed by atoms with van der Waals surface area (Å²) in [6.07, 6.45) is 8.70. The Balaban J connectivity index is 1.48. The SMILES string of the molecule is COc1ccc(C(=O)N2CCC[C@@H](c3nccn3CC3CC3)C2)cc1Cl. The van der Waals surface area contributed by atoms with Gasteiger partial charge >= 0.3 is 0 Å². The van der Waals surface area contributed by atoms with Gasteiger partial charge in [0.05, 0.1) is 12.1 Å². The minimum Gasteiger partial charge on any atom is -0.495 e. The quantitative estimate of drug-likeness (QED) is 0.796. The molecule has 1 saturated heterocycles. The van der Waals surface area contributed by atoms with E-state index in [4.69, 9.17) is 16.3 Å². The van der Waals surface area contributed by atoms with Crippen LogP contribution < -0.4 is 4.74 Å². The highest BCUT2D eigenvalue weighted by Crippen LogP contribution is 2.33. The summed E-state index contributed by atoms with van der Waals surface area (Å²) in [4.78, 5) is 19.5. The molecule has 26 heavy (non-hydrogen) atoms. The molecule has 1 atom stereocenters. The van der Waals surface area contributed by atoms with Gasteiger partial charge in [-0.2, -0.15) is 0 Å². The number of carbonyl (C=O) groups excluding carboxylic acids is 1. The van der Waals surface area contributed by atoms with Crippen molar-refractivity contribution in [2.45, 2.75) is 38.1 Å². The van der Waals surface area contributed by atoms with Crippen LogP contribution in [0.3, 0.4) is 0 Å². The van der Waals surface area contributed by atoms with E-state index in [0.717, 1.165) is 37.7 Å². The van der Waals surface area contributed by atoms with Crippen LogP contribution in [0.2, 0.25) is 5.02 Å². The van der Waals surface area contributed by atoms with Gasteiger partial charge in [-0.25, -0.2) is 4.98 Å². The number of nitrogens with zero attached hydrogens (tertiary/aromatic N) is 3. The summed E-state index contributed by atoms with van der Waals surface area (Å²) in [6, 6.07) is 5.23. The maximum Gasteiger partial charge on any atom is 0.253 e. The van der Waals surface area contributed by atoms with Crippen molar-refractivity contribution in [1.29, 1.82) is 0 Å². The molecule has 1 aromatic heterocycles. The van der Waals surface area contributed by atoms with Crippen LogP contribution in [-0.4, -0.2) is 40.6 Å². The van der Waals surface area contributed by atoms with E-state index in [1.165, 1.54) is 12.8 Å². The number of halogens is 1. The van der Waals surface area contributed by atoms with Crippen LogP contribution in [0.4, 0.5) is 0 Å². The molecule has 1 aliphatic carbocycles. The van der Waals surface area contributed by atoms with Crippen LogP contribution >= 0.6 is 11.6 Å². The van der Waals surface area contributed by atoms with Crippen molar-refractivity contribution in [3.63, 3.8) is 0 Å². The highest BCUT2D eigenvalue weighted by atomic mass is 35.5. The van der Waals surface area contributed by atoms with Crippen LogP contribution in [0.5, 0.6) is 5.75 Å². The van der Waals surface area contributed by atoms with Gasteiger partial charge in [-0.05, 0) is 49.8 Å². The number of benzene rings is 1. The molecule has 0 unspecified atom stereocenters. The highest BCUT2D eigenvalue weighted by Gasteiger charge is 2.30. The van der Waals surface area contributed by atoms with Gasteiger partial charge in [-0.1, -0.05) is 11.6 Å². The summed E-state index contributed by atoms with van der Waals surface area (Å²) in [5.74, 6) is 2.85. The van der Waals surface area contributed by atoms with Gasteiger partial charge in [-0.3, -0.25) is 4.79 Å². The molecule has 0 spiro atoms. The zero-order chi connectivity index (χ0) is 18.1. The number of rotatable bonds is 5. The van der Waals surface area contributed by atoms with Crippen molar-refractivity contribution in [1.82, 2.24) is 14.5 Å². The number of amides is 1. The van der Waals surface area contributed by atoms with Gasteiger partial charge in [0.1, 0.15) is 11.6 Å². The van der Waals surface area contributed by atoms with E-state index < -0.39 is 0 Å². The van der Waals surface area contributed by atoms with Gasteiger partial charge in [0.15, 0.2) is 0 Å². The second kappa shape index (κ2) is 7.31. The van der Waals surface area contributed by atoms with Crippen molar-refractivity contribution < 1.29 is 9.53 Å². The first-order valence-corrected chi connectivity index (χ1v) is 9.67.